The SMILES string of the molecule is O=S(=O)(Nc1cc2c(cc1-c1ccccc1)OCO2)c1ccccc1. The van der Waals surface area contributed by atoms with Crippen molar-refractivity contribution in [2.45, 2.75) is 4.90 Å². The molecular weight excluding hydrogens is 338 g/mol. The highest BCUT2D eigenvalue weighted by Gasteiger charge is 2.22. The summed E-state index contributed by atoms with van der Waals surface area (Å²) >= 11 is 0. The van der Waals surface area contributed by atoms with Crippen molar-refractivity contribution in [3.63, 3.8) is 0 Å². The van der Waals surface area contributed by atoms with E-state index in [0.29, 0.717) is 17.2 Å². The Labute approximate surface area is 145 Å². The third-order valence-electron chi connectivity index (χ3n) is 3.90. The molecule has 1 aliphatic rings. The van der Waals surface area contributed by atoms with Crippen molar-refractivity contribution < 1.29 is 17.9 Å². The van der Waals surface area contributed by atoms with Crippen LogP contribution in [0.25, 0.3) is 11.1 Å². The zero-order valence-electron chi connectivity index (χ0n) is 13.2. The molecule has 0 saturated carbocycles. The Morgan fingerprint density at radius 2 is 1.40 bits per heavy atom. The number of rotatable bonds is 4. The molecule has 0 atom stereocenters. The van der Waals surface area contributed by atoms with Gasteiger partial charge < -0.3 is 9.47 Å². The Bertz CT molecular complexity index is 1000. The van der Waals surface area contributed by atoms with E-state index in [1.807, 2.05) is 30.3 Å². The van der Waals surface area contributed by atoms with E-state index in [4.69, 9.17) is 9.47 Å². The maximum absolute atomic E-state index is 12.7. The Morgan fingerprint density at radius 1 is 0.800 bits per heavy atom. The molecule has 0 amide bonds. The molecule has 25 heavy (non-hydrogen) atoms. The van der Waals surface area contributed by atoms with Crippen molar-refractivity contribution in [1.29, 1.82) is 0 Å². The van der Waals surface area contributed by atoms with E-state index in [1.165, 1.54) is 0 Å². The Kier molecular flexibility index (Phi) is 3.82. The predicted molar refractivity (Wildman–Crippen MR) is 95.3 cm³/mol. The number of hydrogen-bond donors (Lipinski definition) is 1. The summed E-state index contributed by atoms with van der Waals surface area (Å²) in [5.74, 6) is 1.12. The summed E-state index contributed by atoms with van der Waals surface area (Å²) in [6.45, 7) is 0.123. The van der Waals surface area contributed by atoms with Gasteiger partial charge in [-0.2, -0.15) is 0 Å². The Balaban J connectivity index is 1.81. The average Bonchev–Trinajstić information content (AvgIpc) is 3.09. The number of sulfonamides is 1. The Hall–Kier alpha value is -2.99. The second kappa shape index (κ2) is 6.14. The first-order valence-electron chi connectivity index (χ1n) is 7.70. The maximum Gasteiger partial charge on any atom is 0.261 e. The van der Waals surface area contributed by atoms with Crippen LogP contribution in [0.3, 0.4) is 0 Å². The fraction of sp³-hybridized carbons (Fsp3) is 0.0526. The number of ether oxygens (including phenoxy) is 2. The topological polar surface area (TPSA) is 64.6 Å². The molecule has 0 saturated heterocycles. The summed E-state index contributed by atoms with van der Waals surface area (Å²) in [4.78, 5) is 0.201. The molecule has 126 valence electrons. The first-order valence-corrected chi connectivity index (χ1v) is 9.19. The number of nitrogens with one attached hydrogen (secondary N) is 1. The second-order valence-electron chi connectivity index (χ2n) is 5.54. The van der Waals surface area contributed by atoms with Crippen LogP contribution in [-0.4, -0.2) is 15.2 Å². The molecule has 0 bridgehead atoms. The summed E-state index contributed by atoms with van der Waals surface area (Å²) in [7, 11) is -3.71. The lowest BCUT2D eigenvalue weighted by molar-refractivity contribution is 0.174. The van der Waals surface area contributed by atoms with E-state index < -0.39 is 10.0 Å². The third-order valence-corrected chi connectivity index (χ3v) is 5.28. The van der Waals surface area contributed by atoms with Crippen molar-refractivity contribution in [3.05, 3.63) is 72.8 Å². The monoisotopic (exact) mass is 353 g/mol. The summed E-state index contributed by atoms with van der Waals surface area (Å²) in [6, 6.07) is 21.2. The minimum Gasteiger partial charge on any atom is -0.454 e. The van der Waals surface area contributed by atoms with Gasteiger partial charge in [-0.3, -0.25) is 4.72 Å². The summed E-state index contributed by atoms with van der Waals surface area (Å²) in [5.41, 5.74) is 2.05. The van der Waals surface area contributed by atoms with Crippen LogP contribution in [0.15, 0.2) is 77.7 Å². The molecule has 0 fully saturated rings. The minimum atomic E-state index is -3.71. The van der Waals surface area contributed by atoms with Gasteiger partial charge in [-0.1, -0.05) is 48.5 Å². The van der Waals surface area contributed by atoms with Crippen LogP contribution in [0.5, 0.6) is 11.5 Å². The molecule has 0 aliphatic carbocycles. The highest BCUT2D eigenvalue weighted by molar-refractivity contribution is 7.92. The van der Waals surface area contributed by atoms with Crippen LogP contribution in [0, 0.1) is 0 Å². The van der Waals surface area contributed by atoms with Crippen LogP contribution in [-0.2, 0) is 10.0 Å². The molecular formula is C19H15NO4S. The minimum absolute atomic E-state index is 0.123. The molecule has 3 aromatic rings. The first kappa shape index (κ1) is 15.5. The van der Waals surface area contributed by atoms with Gasteiger partial charge in [-0.25, -0.2) is 8.42 Å². The lowest BCUT2D eigenvalue weighted by Gasteiger charge is -2.14. The summed E-state index contributed by atoms with van der Waals surface area (Å²) in [6.07, 6.45) is 0. The highest BCUT2D eigenvalue weighted by atomic mass is 32.2. The standard InChI is InChI=1S/C19H15NO4S/c21-25(22,15-9-5-2-6-10-15)20-17-12-19-18(23-13-24-19)11-16(17)14-7-3-1-4-8-14/h1-12,20H,13H2. The van der Waals surface area contributed by atoms with E-state index >= 15 is 0 Å². The largest absolute Gasteiger partial charge is 0.454 e. The quantitative estimate of drug-likeness (QED) is 0.773. The van der Waals surface area contributed by atoms with Crippen LogP contribution >= 0.6 is 0 Å². The van der Waals surface area contributed by atoms with Crippen molar-refractivity contribution in [3.8, 4) is 22.6 Å². The van der Waals surface area contributed by atoms with Gasteiger partial charge in [0.15, 0.2) is 11.5 Å². The van der Waals surface area contributed by atoms with E-state index in [2.05, 4.69) is 4.72 Å². The molecule has 4 rings (SSSR count). The van der Waals surface area contributed by atoms with Crippen LogP contribution in [0.4, 0.5) is 5.69 Å². The fourth-order valence-electron chi connectivity index (χ4n) is 2.69. The molecule has 1 aliphatic heterocycles. The zero-order valence-corrected chi connectivity index (χ0v) is 14.0. The molecule has 0 aromatic heterocycles. The fourth-order valence-corrected chi connectivity index (χ4v) is 3.78. The van der Waals surface area contributed by atoms with Crippen LogP contribution in [0.2, 0.25) is 0 Å². The van der Waals surface area contributed by atoms with Crippen molar-refractivity contribution in [2.75, 3.05) is 11.5 Å². The Morgan fingerprint density at radius 3 is 2.08 bits per heavy atom. The van der Waals surface area contributed by atoms with Gasteiger partial charge >= 0.3 is 0 Å². The lowest BCUT2D eigenvalue weighted by atomic mass is 10.0. The molecule has 3 aromatic carbocycles. The van der Waals surface area contributed by atoms with Gasteiger partial charge in [0.05, 0.1) is 10.6 Å². The molecule has 5 nitrogen and oxygen atoms in total. The van der Waals surface area contributed by atoms with E-state index in [1.54, 1.807) is 42.5 Å². The average molecular weight is 353 g/mol. The smallest absolute Gasteiger partial charge is 0.261 e. The molecule has 0 spiro atoms. The van der Waals surface area contributed by atoms with E-state index in [9.17, 15) is 8.42 Å². The van der Waals surface area contributed by atoms with Gasteiger partial charge in [-0.15, -0.1) is 0 Å². The molecule has 6 heteroatoms. The highest BCUT2D eigenvalue weighted by Crippen LogP contribution is 2.41. The lowest BCUT2D eigenvalue weighted by Crippen LogP contribution is -2.13. The number of benzene rings is 3. The number of anilines is 1. The molecule has 1 N–H and O–H groups in total. The molecule has 1 heterocycles. The zero-order chi connectivity index (χ0) is 17.3. The van der Waals surface area contributed by atoms with Crippen molar-refractivity contribution in [1.82, 2.24) is 0 Å². The van der Waals surface area contributed by atoms with Gasteiger partial charge in [0, 0.05) is 11.6 Å². The van der Waals surface area contributed by atoms with Gasteiger partial charge in [-0.05, 0) is 23.8 Å². The van der Waals surface area contributed by atoms with Crippen molar-refractivity contribution in [2.24, 2.45) is 0 Å². The third kappa shape index (κ3) is 3.04. The molecule has 0 unspecified atom stereocenters. The first-order chi connectivity index (χ1) is 12.1. The summed E-state index contributed by atoms with van der Waals surface area (Å²) < 4.78 is 38.9. The van der Waals surface area contributed by atoms with Gasteiger partial charge in [0.25, 0.3) is 10.0 Å². The number of fused-ring (bicyclic) bond motifs is 1. The van der Waals surface area contributed by atoms with E-state index in [-0.39, 0.29) is 11.7 Å². The summed E-state index contributed by atoms with van der Waals surface area (Å²) in [5, 5.41) is 0. The molecule has 0 radical (unpaired) electrons. The van der Waals surface area contributed by atoms with E-state index in [0.717, 1.165) is 11.1 Å². The van der Waals surface area contributed by atoms with Gasteiger partial charge in [0.1, 0.15) is 0 Å². The van der Waals surface area contributed by atoms with Crippen LogP contribution < -0.4 is 14.2 Å². The van der Waals surface area contributed by atoms with Gasteiger partial charge in [0.2, 0.25) is 6.79 Å². The predicted octanol–water partition coefficient (Wildman–Crippen LogP) is 3.88. The number of hydrogen-bond acceptors (Lipinski definition) is 4. The van der Waals surface area contributed by atoms with Crippen molar-refractivity contribution >= 4 is 15.7 Å². The maximum atomic E-state index is 12.7. The van der Waals surface area contributed by atoms with Crippen LogP contribution in [0.1, 0.15) is 0 Å². The normalized spacial score (nSPS) is 12.8. The second-order valence-corrected chi connectivity index (χ2v) is 7.22.